The van der Waals surface area contributed by atoms with Gasteiger partial charge in [0.2, 0.25) is 0 Å². The molecular weight excluding hydrogens is 605 g/mol. The maximum atomic E-state index is 4.44. The molecule has 6 heterocycles. The molecule has 0 aliphatic heterocycles. The van der Waals surface area contributed by atoms with Gasteiger partial charge in [-0.3, -0.25) is 0 Å². The van der Waals surface area contributed by atoms with Crippen molar-refractivity contribution < 1.29 is 0 Å². The molecule has 0 radical (unpaired) electrons. The van der Waals surface area contributed by atoms with Crippen LogP contribution in [0.25, 0.3) is 81.0 Å². The molecule has 190 valence electrons. The van der Waals surface area contributed by atoms with E-state index >= 15 is 0 Å². The summed E-state index contributed by atoms with van der Waals surface area (Å²) in [6.45, 7) is 0. The number of rotatable bonds is 4. The largest absolute Gasteiger partial charge is 0.245 e. The second-order valence-corrected chi connectivity index (χ2v) is 15.5. The van der Waals surface area contributed by atoms with Gasteiger partial charge in [-0.05, 0) is 35.4 Å². The van der Waals surface area contributed by atoms with Gasteiger partial charge in [-0.25, -0.2) is 9.97 Å². The maximum absolute atomic E-state index is 4.44. The third kappa shape index (κ3) is 3.75. The summed E-state index contributed by atoms with van der Waals surface area (Å²) in [6, 6.07) is 27.2. The number of thiophene rings is 4. The smallest absolute Gasteiger partial charge is 0.123 e. The summed E-state index contributed by atoms with van der Waals surface area (Å²) in [5, 5.41) is 8.96. The highest BCUT2D eigenvalue weighted by molar-refractivity contribution is 7.35. The van der Waals surface area contributed by atoms with E-state index in [4.69, 9.17) is 0 Å². The normalized spacial score (nSPS) is 12.0. The molecule has 0 aliphatic carbocycles. The molecule has 0 amide bonds. The average Bonchev–Trinajstić information content (AvgIpc) is 3.82. The van der Waals surface area contributed by atoms with Crippen LogP contribution in [0.4, 0.5) is 0 Å². The molecule has 0 bridgehead atoms. The highest BCUT2D eigenvalue weighted by atomic mass is 32.1. The van der Waals surface area contributed by atoms with Crippen LogP contribution in [0.1, 0.15) is 0 Å². The zero-order valence-electron chi connectivity index (χ0n) is 20.6. The number of aromatic nitrogens is 2. The Morgan fingerprint density at radius 3 is 1.25 bits per heavy atom. The van der Waals surface area contributed by atoms with Crippen molar-refractivity contribution in [3.05, 3.63) is 96.0 Å². The summed E-state index contributed by atoms with van der Waals surface area (Å²) >= 11 is 11.0. The highest BCUT2D eigenvalue weighted by Crippen LogP contribution is 2.48. The third-order valence-corrected chi connectivity index (χ3v) is 13.6. The number of hydrogen-bond acceptors (Lipinski definition) is 8. The summed E-state index contributed by atoms with van der Waals surface area (Å²) < 4.78 is 8.31. The first-order valence-corrected chi connectivity index (χ1v) is 17.6. The van der Waals surface area contributed by atoms with Crippen LogP contribution < -0.4 is 0 Å². The predicted molar refractivity (Wildman–Crippen MR) is 181 cm³/mol. The summed E-state index contributed by atoms with van der Waals surface area (Å²) in [4.78, 5) is 11.5. The first-order valence-electron chi connectivity index (χ1n) is 12.6. The second-order valence-electron chi connectivity index (χ2n) is 9.49. The quantitative estimate of drug-likeness (QED) is 0.196. The molecule has 0 unspecified atom stereocenters. The minimum atomic E-state index is 1.07. The molecule has 0 N–H and O–H groups in total. The van der Waals surface area contributed by atoms with Crippen molar-refractivity contribution in [2.75, 3.05) is 0 Å². The van der Waals surface area contributed by atoms with Crippen LogP contribution in [0.5, 0.6) is 0 Å². The van der Waals surface area contributed by atoms with Crippen molar-refractivity contribution in [3.8, 4) is 42.0 Å². The lowest BCUT2D eigenvalue weighted by Crippen LogP contribution is -1.76. The first-order chi connectivity index (χ1) is 19.8. The summed E-state index contributed by atoms with van der Waals surface area (Å²) in [7, 11) is 0. The molecule has 9 rings (SSSR count). The Morgan fingerprint density at radius 1 is 0.425 bits per heavy atom. The van der Waals surface area contributed by atoms with E-state index in [1.165, 1.54) is 71.0 Å². The number of nitrogens with zero attached hydrogens (tertiary/aromatic N) is 2. The number of hydrogen-bond donors (Lipinski definition) is 0. The molecule has 40 heavy (non-hydrogen) atoms. The van der Waals surface area contributed by atoms with Crippen molar-refractivity contribution in [1.29, 1.82) is 0 Å². The minimum absolute atomic E-state index is 1.07. The fraction of sp³-hybridized carbons (Fsp3) is 0. The van der Waals surface area contributed by atoms with Gasteiger partial charge in [0.25, 0.3) is 0 Å². The average molecular weight is 621 g/mol. The van der Waals surface area contributed by atoms with Crippen LogP contribution in [-0.4, -0.2) is 9.97 Å². The zero-order valence-corrected chi connectivity index (χ0v) is 25.5. The van der Waals surface area contributed by atoms with Gasteiger partial charge in [0.05, 0.1) is 9.40 Å². The second kappa shape index (κ2) is 9.14. The van der Waals surface area contributed by atoms with Crippen LogP contribution in [-0.2, 0) is 0 Å². The standard InChI is InChI=1S/C32H16N2S6/c1-5-19(31-33-9-11-35-31)6-2-17(1)23-15-27-29(39-23)21-13-26-22(14-25(21)37-27)30-28(38-26)16-24(40-30)18-3-7-20(8-4-18)32-34-10-12-36-32/h1-16H. The SMILES string of the molecule is c1csc(-c2ccc(-c3cc4sc5cc6c(cc5c4s3)sc3cc(-c4ccc(-c5nccs5)cc4)sc36)cc2)n1. The van der Waals surface area contributed by atoms with Gasteiger partial charge in [-0.2, -0.15) is 0 Å². The molecule has 0 fully saturated rings. The first kappa shape index (κ1) is 23.5. The van der Waals surface area contributed by atoms with E-state index in [0.717, 1.165) is 10.0 Å². The monoisotopic (exact) mass is 620 g/mol. The van der Waals surface area contributed by atoms with E-state index in [-0.39, 0.29) is 0 Å². The Kier molecular flexibility index (Phi) is 5.36. The van der Waals surface area contributed by atoms with E-state index in [0.29, 0.717) is 0 Å². The fourth-order valence-electron chi connectivity index (χ4n) is 5.17. The van der Waals surface area contributed by atoms with Gasteiger partial charge in [-0.1, -0.05) is 48.5 Å². The lowest BCUT2D eigenvalue weighted by atomic mass is 10.1. The van der Waals surface area contributed by atoms with Gasteiger partial charge in [-0.15, -0.1) is 68.0 Å². The lowest BCUT2D eigenvalue weighted by Gasteiger charge is -2.00. The van der Waals surface area contributed by atoms with E-state index in [9.17, 15) is 0 Å². The van der Waals surface area contributed by atoms with Gasteiger partial charge in [0.15, 0.2) is 0 Å². The molecule has 2 nitrogen and oxygen atoms in total. The third-order valence-electron chi connectivity index (χ3n) is 7.10. The summed E-state index contributed by atoms with van der Waals surface area (Å²) in [5.74, 6) is 0. The molecule has 6 aromatic heterocycles. The van der Waals surface area contributed by atoms with Gasteiger partial charge >= 0.3 is 0 Å². The topological polar surface area (TPSA) is 25.8 Å². The van der Waals surface area contributed by atoms with E-state index in [1.807, 2.05) is 68.5 Å². The van der Waals surface area contributed by atoms with E-state index in [1.54, 1.807) is 22.7 Å². The number of benzene rings is 3. The number of thiazole rings is 2. The Balaban J connectivity index is 1.08. The van der Waals surface area contributed by atoms with Crippen molar-refractivity contribution in [1.82, 2.24) is 9.97 Å². The molecular formula is C32H16N2S6. The van der Waals surface area contributed by atoms with Gasteiger partial charge < -0.3 is 0 Å². The van der Waals surface area contributed by atoms with Crippen LogP contribution in [0, 0.1) is 0 Å². The van der Waals surface area contributed by atoms with Crippen molar-refractivity contribution in [3.63, 3.8) is 0 Å². The Bertz CT molecular complexity index is 2130. The lowest BCUT2D eigenvalue weighted by molar-refractivity contribution is 1.41. The van der Waals surface area contributed by atoms with Crippen molar-refractivity contribution in [2.24, 2.45) is 0 Å². The zero-order chi connectivity index (χ0) is 26.2. The van der Waals surface area contributed by atoms with Crippen LogP contribution in [0.2, 0.25) is 0 Å². The van der Waals surface area contributed by atoms with Gasteiger partial charge in [0.1, 0.15) is 10.0 Å². The molecule has 0 spiro atoms. The molecule has 9 aromatic rings. The molecule has 0 saturated carbocycles. The highest BCUT2D eigenvalue weighted by Gasteiger charge is 2.16. The van der Waals surface area contributed by atoms with Crippen LogP contribution in [0.15, 0.2) is 96.0 Å². The maximum Gasteiger partial charge on any atom is 0.123 e. The number of fused-ring (bicyclic) bond motifs is 6. The molecule has 0 atom stereocenters. The fourth-order valence-corrected chi connectivity index (χ4v) is 11.5. The molecule has 0 aliphatic rings. The minimum Gasteiger partial charge on any atom is -0.245 e. The van der Waals surface area contributed by atoms with Crippen molar-refractivity contribution >= 4 is 107 Å². The summed E-state index contributed by atoms with van der Waals surface area (Å²) in [5.41, 5.74) is 4.90. The molecule has 8 heteroatoms. The van der Waals surface area contributed by atoms with Crippen LogP contribution in [0.3, 0.4) is 0 Å². The Labute approximate surface area is 253 Å². The van der Waals surface area contributed by atoms with Crippen molar-refractivity contribution in [2.45, 2.75) is 0 Å². The van der Waals surface area contributed by atoms with Crippen LogP contribution >= 0.6 is 68.0 Å². The van der Waals surface area contributed by atoms with E-state index < -0.39 is 0 Å². The van der Waals surface area contributed by atoms with Gasteiger partial charge in [0, 0.05) is 73.6 Å². The Hall–Kier alpha value is -3.24. The molecule has 3 aromatic carbocycles. The molecule has 0 saturated heterocycles. The van der Waals surface area contributed by atoms with E-state index in [2.05, 4.69) is 82.8 Å². The Morgan fingerprint density at radius 2 is 0.850 bits per heavy atom. The predicted octanol–water partition coefficient (Wildman–Crippen LogP) is 12.1. The summed E-state index contributed by atoms with van der Waals surface area (Å²) in [6.07, 6.45) is 3.73.